The molecule has 1 aromatic heterocycles. The molecule has 4 rings (SSSR count). The van der Waals surface area contributed by atoms with Crippen LogP contribution in [0.15, 0.2) is 54.6 Å². The molecule has 0 spiro atoms. The van der Waals surface area contributed by atoms with Crippen molar-refractivity contribution >= 4 is 22.7 Å². The first-order chi connectivity index (χ1) is 15.5. The Kier molecular flexibility index (Phi) is 6.51. The standard InChI is InChI=1S/C24H26N4O4/c25-23(30)20-16-22(26-21-5-2-1-4-19(20)21)32-15-3-10-27-11-13-28(14-12-27)24(31)17-6-8-18(29)9-7-17/h1-2,4-9,16,29H,3,10-15H2,(H2,25,30). The molecule has 0 unspecified atom stereocenters. The summed E-state index contributed by atoms with van der Waals surface area (Å²) in [5, 5.41) is 10.1. The van der Waals surface area contributed by atoms with E-state index in [0.717, 1.165) is 26.1 Å². The van der Waals surface area contributed by atoms with E-state index in [4.69, 9.17) is 10.5 Å². The number of carbonyl (C=O) groups is 2. The number of fused-ring (bicyclic) bond motifs is 1. The molecule has 1 fully saturated rings. The van der Waals surface area contributed by atoms with E-state index >= 15 is 0 Å². The predicted octanol–water partition coefficient (Wildman–Crippen LogP) is 2.27. The fourth-order valence-electron chi connectivity index (χ4n) is 3.85. The van der Waals surface area contributed by atoms with Crippen molar-refractivity contribution in [2.75, 3.05) is 39.3 Å². The van der Waals surface area contributed by atoms with Gasteiger partial charge in [0.15, 0.2) is 0 Å². The molecule has 0 atom stereocenters. The number of pyridine rings is 1. The molecule has 1 saturated heterocycles. The van der Waals surface area contributed by atoms with Gasteiger partial charge in [-0.1, -0.05) is 18.2 Å². The summed E-state index contributed by atoms with van der Waals surface area (Å²) in [7, 11) is 0. The van der Waals surface area contributed by atoms with Crippen LogP contribution < -0.4 is 10.5 Å². The Morgan fingerprint density at radius 1 is 1.03 bits per heavy atom. The van der Waals surface area contributed by atoms with E-state index in [2.05, 4.69) is 9.88 Å². The number of hydrogen-bond acceptors (Lipinski definition) is 6. The van der Waals surface area contributed by atoms with Crippen LogP contribution in [-0.2, 0) is 0 Å². The Balaban J connectivity index is 1.24. The van der Waals surface area contributed by atoms with E-state index < -0.39 is 5.91 Å². The van der Waals surface area contributed by atoms with Gasteiger partial charge in [-0.3, -0.25) is 14.5 Å². The SMILES string of the molecule is NC(=O)c1cc(OCCCN2CCN(C(=O)c3ccc(O)cc3)CC2)nc2ccccc12. The van der Waals surface area contributed by atoms with Crippen LogP contribution in [0.3, 0.4) is 0 Å². The van der Waals surface area contributed by atoms with Crippen LogP contribution in [0.1, 0.15) is 27.1 Å². The minimum atomic E-state index is -0.506. The van der Waals surface area contributed by atoms with Gasteiger partial charge in [0.25, 0.3) is 5.91 Å². The normalized spacial score (nSPS) is 14.4. The number of nitrogens with two attached hydrogens (primary N) is 1. The summed E-state index contributed by atoms with van der Waals surface area (Å²) >= 11 is 0. The van der Waals surface area contributed by atoms with Crippen molar-refractivity contribution in [3.05, 3.63) is 65.7 Å². The Hall–Kier alpha value is -3.65. The second-order valence-corrected chi connectivity index (χ2v) is 7.77. The average Bonchev–Trinajstić information content (AvgIpc) is 2.81. The van der Waals surface area contributed by atoms with Gasteiger partial charge in [-0.2, -0.15) is 0 Å². The van der Waals surface area contributed by atoms with E-state index in [-0.39, 0.29) is 11.7 Å². The van der Waals surface area contributed by atoms with Gasteiger partial charge >= 0.3 is 0 Å². The first-order valence-corrected chi connectivity index (χ1v) is 10.6. The largest absolute Gasteiger partial charge is 0.508 e. The highest BCUT2D eigenvalue weighted by atomic mass is 16.5. The fraction of sp³-hybridized carbons (Fsp3) is 0.292. The minimum absolute atomic E-state index is 0.0133. The maximum absolute atomic E-state index is 12.6. The summed E-state index contributed by atoms with van der Waals surface area (Å²) in [5.74, 6) is 0.0222. The third-order valence-electron chi connectivity index (χ3n) is 5.60. The van der Waals surface area contributed by atoms with Crippen LogP contribution >= 0.6 is 0 Å². The molecule has 8 nitrogen and oxygen atoms in total. The summed E-state index contributed by atoms with van der Waals surface area (Å²) in [6.07, 6.45) is 0.798. The second kappa shape index (κ2) is 9.65. The number of primary amides is 1. The lowest BCUT2D eigenvalue weighted by molar-refractivity contribution is 0.0630. The average molecular weight is 434 g/mol. The first-order valence-electron chi connectivity index (χ1n) is 10.6. The maximum Gasteiger partial charge on any atom is 0.253 e. The minimum Gasteiger partial charge on any atom is -0.508 e. The van der Waals surface area contributed by atoms with Gasteiger partial charge < -0.3 is 20.5 Å². The van der Waals surface area contributed by atoms with Gasteiger partial charge in [-0.25, -0.2) is 4.98 Å². The molecule has 0 radical (unpaired) electrons. The van der Waals surface area contributed by atoms with Gasteiger partial charge in [0, 0.05) is 49.7 Å². The molecule has 2 amide bonds. The van der Waals surface area contributed by atoms with Gasteiger partial charge in [0.1, 0.15) is 5.75 Å². The van der Waals surface area contributed by atoms with Crippen molar-refractivity contribution in [1.82, 2.24) is 14.8 Å². The highest BCUT2D eigenvalue weighted by molar-refractivity contribution is 6.05. The van der Waals surface area contributed by atoms with Crippen LogP contribution in [0.5, 0.6) is 11.6 Å². The van der Waals surface area contributed by atoms with E-state index in [9.17, 15) is 14.7 Å². The molecule has 0 saturated carbocycles. The molecule has 3 N–H and O–H groups in total. The van der Waals surface area contributed by atoms with Crippen LogP contribution in [0.2, 0.25) is 0 Å². The molecule has 1 aliphatic rings. The highest BCUT2D eigenvalue weighted by Crippen LogP contribution is 2.22. The van der Waals surface area contributed by atoms with Crippen LogP contribution in [-0.4, -0.2) is 71.0 Å². The summed E-state index contributed by atoms with van der Waals surface area (Å²) < 4.78 is 5.79. The Morgan fingerprint density at radius 3 is 2.47 bits per heavy atom. The molecule has 166 valence electrons. The molecular formula is C24H26N4O4. The van der Waals surface area contributed by atoms with Gasteiger partial charge in [0.2, 0.25) is 11.8 Å². The summed E-state index contributed by atoms with van der Waals surface area (Å²) in [4.78, 5) is 32.9. The quantitative estimate of drug-likeness (QED) is 0.552. The second-order valence-electron chi connectivity index (χ2n) is 7.77. The number of phenols is 1. The van der Waals surface area contributed by atoms with Crippen molar-refractivity contribution in [1.29, 1.82) is 0 Å². The molecular weight excluding hydrogens is 408 g/mol. The maximum atomic E-state index is 12.6. The van der Waals surface area contributed by atoms with Crippen molar-refractivity contribution in [3.8, 4) is 11.6 Å². The van der Waals surface area contributed by atoms with Crippen LogP contribution in [0.25, 0.3) is 10.9 Å². The fourth-order valence-corrected chi connectivity index (χ4v) is 3.85. The number of hydrogen-bond donors (Lipinski definition) is 2. The predicted molar refractivity (Wildman–Crippen MR) is 121 cm³/mol. The number of para-hydroxylation sites is 1. The van der Waals surface area contributed by atoms with E-state index in [1.807, 2.05) is 29.2 Å². The molecule has 1 aliphatic heterocycles. The molecule has 3 aromatic rings. The highest BCUT2D eigenvalue weighted by Gasteiger charge is 2.22. The number of carbonyl (C=O) groups excluding carboxylic acids is 2. The Labute approximate surface area is 186 Å². The van der Waals surface area contributed by atoms with Crippen LogP contribution in [0, 0.1) is 0 Å². The van der Waals surface area contributed by atoms with E-state index in [1.165, 1.54) is 12.1 Å². The van der Waals surface area contributed by atoms with Gasteiger partial charge in [-0.15, -0.1) is 0 Å². The number of piperazine rings is 1. The lowest BCUT2D eigenvalue weighted by Crippen LogP contribution is -2.49. The molecule has 8 heteroatoms. The Bertz CT molecular complexity index is 1110. The summed E-state index contributed by atoms with van der Waals surface area (Å²) in [5.41, 5.74) is 7.17. The number of nitrogens with zero attached hydrogens (tertiary/aromatic N) is 3. The zero-order chi connectivity index (χ0) is 22.5. The number of amides is 2. The number of aromatic nitrogens is 1. The molecule has 32 heavy (non-hydrogen) atoms. The molecule has 2 aromatic carbocycles. The number of benzene rings is 2. The zero-order valence-corrected chi connectivity index (χ0v) is 17.7. The van der Waals surface area contributed by atoms with E-state index in [0.29, 0.717) is 47.6 Å². The summed E-state index contributed by atoms with van der Waals surface area (Å²) in [6.45, 7) is 4.23. The topological polar surface area (TPSA) is 109 Å². The smallest absolute Gasteiger partial charge is 0.253 e. The van der Waals surface area contributed by atoms with E-state index in [1.54, 1.807) is 18.2 Å². The number of phenolic OH excluding ortho intramolecular Hbond substituents is 1. The third-order valence-corrected chi connectivity index (χ3v) is 5.60. The van der Waals surface area contributed by atoms with Crippen molar-refractivity contribution < 1.29 is 19.4 Å². The lowest BCUT2D eigenvalue weighted by atomic mass is 10.1. The van der Waals surface area contributed by atoms with Crippen molar-refractivity contribution in [2.45, 2.75) is 6.42 Å². The van der Waals surface area contributed by atoms with Crippen molar-refractivity contribution in [3.63, 3.8) is 0 Å². The monoisotopic (exact) mass is 434 g/mol. The first kappa shape index (κ1) is 21.6. The number of rotatable bonds is 7. The number of ether oxygens (including phenoxy) is 1. The molecule has 0 aliphatic carbocycles. The molecule has 0 bridgehead atoms. The van der Waals surface area contributed by atoms with Gasteiger partial charge in [0.05, 0.1) is 17.7 Å². The van der Waals surface area contributed by atoms with Gasteiger partial charge in [-0.05, 0) is 36.8 Å². The zero-order valence-electron chi connectivity index (χ0n) is 17.7. The number of aromatic hydroxyl groups is 1. The lowest BCUT2D eigenvalue weighted by Gasteiger charge is -2.34. The Morgan fingerprint density at radius 2 is 1.75 bits per heavy atom. The molecule has 2 heterocycles. The van der Waals surface area contributed by atoms with Crippen molar-refractivity contribution in [2.24, 2.45) is 5.73 Å². The van der Waals surface area contributed by atoms with Crippen LogP contribution in [0.4, 0.5) is 0 Å². The summed E-state index contributed by atoms with van der Waals surface area (Å²) in [6, 6.07) is 15.3. The third kappa shape index (κ3) is 4.97.